The predicted octanol–water partition coefficient (Wildman–Crippen LogP) is 2.95. The molecular weight excluding hydrogens is 244 g/mol. The SMILES string of the molecule is CC(Nc1cc(Cl)nc(N)n1)c1ccsc1. The molecule has 3 N–H and O–H groups in total. The summed E-state index contributed by atoms with van der Waals surface area (Å²) in [6.07, 6.45) is 0. The molecule has 2 aromatic rings. The summed E-state index contributed by atoms with van der Waals surface area (Å²) in [5.41, 5.74) is 6.72. The van der Waals surface area contributed by atoms with Crippen molar-refractivity contribution >= 4 is 34.7 Å². The molecule has 0 aromatic carbocycles. The molecule has 0 radical (unpaired) electrons. The van der Waals surface area contributed by atoms with Gasteiger partial charge >= 0.3 is 0 Å². The number of halogens is 1. The predicted molar refractivity (Wildman–Crippen MR) is 67.8 cm³/mol. The van der Waals surface area contributed by atoms with Crippen LogP contribution in [0.2, 0.25) is 5.15 Å². The summed E-state index contributed by atoms with van der Waals surface area (Å²) in [5, 5.41) is 7.68. The van der Waals surface area contributed by atoms with Gasteiger partial charge in [-0.3, -0.25) is 0 Å². The molecule has 4 nitrogen and oxygen atoms in total. The van der Waals surface area contributed by atoms with E-state index in [1.807, 2.05) is 12.3 Å². The molecule has 0 spiro atoms. The van der Waals surface area contributed by atoms with Gasteiger partial charge in [-0.15, -0.1) is 0 Å². The van der Waals surface area contributed by atoms with Crippen LogP contribution in [-0.4, -0.2) is 9.97 Å². The fraction of sp³-hybridized carbons (Fsp3) is 0.200. The molecule has 0 saturated heterocycles. The molecule has 0 aliphatic carbocycles. The molecule has 0 saturated carbocycles. The Morgan fingerprint density at radius 3 is 2.94 bits per heavy atom. The second-order valence-electron chi connectivity index (χ2n) is 3.36. The van der Waals surface area contributed by atoms with Crippen LogP contribution in [0.1, 0.15) is 18.5 Å². The maximum Gasteiger partial charge on any atom is 0.223 e. The van der Waals surface area contributed by atoms with Crippen LogP contribution < -0.4 is 11.1 Å². The summed E-state index contributed by atoms with van der Waals surface area (Å²) in [5.74, 6) is 0.809. The lowest BCUT2D eigenvalue weighted by molar-refractivity contribution is 0.878. The van der Waals surface area contributed by atoms with Crippen LogP contribution in [0.5, 0.6) is 0 Å². The smallest absolute Gasteiger partial charge is 0.223 e. The highest BCUT2D eigenvalue weighted by Gasteiger charge is 2.07. The lowest BCUT2D eigenvalue weighted by atomic mass is 10.2. The number of nitrogens with one attached hydrogen (secondary N) is 1. The minimum Gasteiger partial charge on any atom is -0.368 e. The highest BCUT2D eigenvalue weighted by Crippen LogP contribution is 2.21. The monoisotopic (exact) mass is 254 g/mol. The van der Waals surface area contributed by atoms with E-state index >= 15 is 0 Å². The summed E-state index contributed by atoms with van der Waals surface area (Å²) in [7, 11) is 0. The quantitative estimate of drug-likeness (QED) is 0.827. The Hall–Kier alpha value is -1.33. The van der Waals surface area contributed by atoms with Crippen molar-refractivity contribution in [3.63, 3.8) is 0 Å². The second kappa shape index (κ2) is 4.67. The molecule has 0 bridgehead atoms. The number of nitrogens with zero attached hydrogens (tertiary/aromatic N) is 2. The fourth-order valence-corrected chi connectivity index (χ4v) is 2.28. The van der Waals surface area contributed by atoms with Crippen molar-refractivity contribution in [3.8, 4) is 0 Å². The molecule has 6 heteroatoms. The van der Waals surface area contributed by atoms with Gasteiger partial charge in [-0.2, -0.15) is 16.3 Å². The lowest BCUT2D eigenvalue weighted by Crippen LogP contribution is -2.08. The van der Waals surface area contributed by atoms with Crippen LogP contribution >= 0.6 is 22.9 Å². The van der Waals surface area contributed by atoms with Crippen LogP contribution in [-0.2, 0) is 0 Å². The van der Waals surface area contributed by atoms with Crippen molar-refractivity contribution < 1.29 is 0 Å². The van der Waals surface area contributed by atoms with Crippen molar-refractivity contribution in [2.45, 2.75) is 13.0 Å². The van der Waals surface area contributed by atoms with E-state index in [4.69, 9.17) is 17.3 Å². The van der Waals surface area contributed by atoms with Gasteiger partial charge in [0.25, 0.3) is 0 Å². The Kier molecular flexibility index (Phi) is 3.26. The highest BCUT2D eigenvalue weighted by molar-refractivity contribution is 7.07. The van der Waals surface area contributed by atoms with E-state index in [9.17, 15) is 0 Å². The normalized spacial score (nSPS) is 12.4. The van der Waals surface area contributed by atoms with Crippen LogP contribution in [0, 0.1) is 0 Å². The molecule has 16 heavy (non-hydrogen) atoms. The molecule has 0 aliphatic rings. The Morgan fingerprint density at radius 2 is 2.31 bits per heavy atom. The summed E-state index contributed by atoms with van der Waals surface area (Å²) in [4.78, 5) is 7.86. The molecule has 2 heterocycles. The fourth-order valence-electron chi connectivity index (χ4n) is 1.34. The van der Waals surface area contributed by atoms with Crippen molar-refractivity contribution in [2.75, 3.05) is 11.1 Å². The zero-order valence-corrected chi connectivity index (χ0v) is 10.2. The first-order chi connectivity index (χ1) is 7.65. The number of hydrogen-bond acceptors (Lipinski definition) is 5. The average molecular weight is 255 g/mol. The maximum absolute atomic E-state index is 5.79. The van der Waals surface area contributed by atoms with E-state index < -0.39 is 0 Å². The van der Waals surface area contributed by atoms with Gasteiger partial charge in [-0.05, 0) is 29.3 Å². The summed E-state index contributed by atoms with van der Waals surface area (Å²) >= 11 is 7.45. The van der Waals surface area contributed by atoms with Crippen LogP contribution in [0.25, 0.3) is 0 Å². The topological polar surface area (TPSA) is 63.8 Å². The van der Waals surface area contributed by atoms with E-state index in [0.29, 0.717) is 11.0 Å². The summed E-state index contributed by atoms with van der Waals surface area (Å²) in [6, 6.07) is 3.88. The molecule has 2 rings (SSSR count). The molecule has 1 atom stereocenters. The average Bonchev–Trinajstić information content (AvgIpc) is 2.68. The number of nitrogen functional groups attached to an aromatic ring is 1. The van der Waals surface area contributed by atoms with Gasteiger partial charge in [0.15, 0.2) is 0 Å². The molecule has 84 valence electrons. The van der Waals surface area contributed by atoms with Gasteiger partial charge in [-0.1, -0.05) is 11.6 Å². The van der Waals surface area contributed by atoms with E-state index in [1.54, 1.807) is 17.4 Å². The third-order valence-electron chi connectivity index (χ3n) is 2.12. The largest absolute Gasteiger partial charge is 0.368 e. The van der Waals surface area contributed by atoms with E-state index in [1.165, 1.54) is 5.56 Å². The number of anilines is 2. The third-order valence-corrected chi connectivity index (χ3v) is 3.01. The Bertz CT molecular complexity index is 451. The van der Waals surface area contributed by atoms with Crippen molar-refractivity contribution in [1.82, 2.24) is 9.97 Å². The van der Waals surface area contributed by atoms with E-state index in [2.05, 4.69) is 26.7 Å². The zero-order chi connectivity index (χ0) is 11.5. The molecule has 0 aliphatic heterocycles. The number of aromatic nitrogens is 2. The first-order valence-corrected chi connectivity index (χ1v) is 6.06. The standard InChI is InChI=1S/C10H11ClN4S/c1-6(7-2-3-16-5-7)13-9-4-8(11)14-10(12)15-9/h2-6H,1H3,(H3,12,13,14,15). The van der Waals surface area contributed by atoms with Crippen LogP contribution in [0.4, 0.5) is 11.8 Å². The van der Waals surface area contributed by atoms with Gasteiger partial charge in [-0.25, -0.2) is 4.98 Å². The number of hydrogen-bond donors (Lipinski definition) is 2. The minimum atomic E-state index is 0.164. The molecule has 0 fully saturated rings. The first-order valence-electron chi connectivity index (χ1n) is 4.74. The third kappa shape index (κ3) is 2.62. The molecule has 0 amide bonds. The molecular formula is C10H11ClN4S. The molecule has 2 aromatic heterocycles. The van der Waals surface area contributed by atoms with Crippen LogP contribution in [0.15, 0.2) is 22.9 Å². The summed E-state index contributed by atoms with van der Waals surface area (Å²) in [6.45, 7) is 2.05. The Morgan fingerprint density at radius 1 is 1.50 bits per heavy atom. The highest BCUT2D eigenvalue weighted by atomic mass is 35.5. The Balaban J connectivity index is 2.15. The minimum absolute atomic E-state index is 0.164. The maximum atomic E-state index is 5.79. The number of nitrogens with two attached hydrogens (primary N) is 1. The lowest BCUT2D eigenvalue weighted by Gasteiger charge is -2.13. The number of rotatable bonds is 3. The second-order valence-corrected chi connectivity index (χ2v) is 4.52. The number of thiophene rings is 1. The van der Waals surface area contributed by atoms with Crippen LogP contribution in [0.3, 0.4) is 0 Å². The van der Waals surface area contributed by atoms with Gasteiger partial charge in [0.05, 0.1) is 6.04 Å². The van der Waals surface area contributed by atoms with Gasteiger partial charge in [0.1, 0.15) is 11.0 Å². The van der Waals surface area contributed by atoms with E-state index in [-0.39, 0.29) is 12.0 Å². The molecule has 1 unspecified atom stereocenters. The van der Waals surface area contributed by atoms with Gasteiger partial charge < -0.3 is 11.1 Å². The Labute approximate surface area is 102 Å². The van der Waals surface area contributed by atoms with Gasteiger partial charge in [0, 0.05) is 6.07 Å². The van der Waals surface area contributed by atoms with E-state index in [0.717, 1.165) is 0 Å². The first kappa shape index (κ1) is 11.2. The van der Waals surface area contributed by atoms with Gasteiger partial charge in [0.2, 0.25) is 5.95 Å². The zero-order valence-electron chi connectivity index (χ0n) is 8.64. The van der Waals surface area contributed by atoms with Crippen molar-refractivity contribution in [3.05, 3.63) is 33.6 Å². The van der Waals surface area contributed by atoms with Crippen molar-refractivity contribution in [2.24, 2.45) is 0 Å². The van der Waals surface area contributed by atoms with Crippen molar-refractivity contribution in [1.29, 1.82) is 0 Å². The summed E-state index contributed by atoms with van der Waals surface area (Å²) < 4.78 is 0.